The molecule has 3 amide bonds. The average Bonchev–Trinajstić information content (AvgIpc) is 2.76. The molecular weight excluding hydrogens is 442 g/mol. The second-order valence-electron chi connectivity index (χ2n) is 9.63. The first kappa shape index (κ1) is 27.4. The Bertz CT molecular complexity index is 836. The van der Waals surface area contributed by atoms with Gasteiger partial charge in [-0.2, -0.15) is 0 Å². The van der Waals surface area contributed by atoms with Gasteiger partial charge in [0.15, 0.2) is 0 Å². The highest BCUT2D eigenvalue weighted by Crippen LogP contribution is 2.22. The second-order valence-corrected chi connectivity index (χ2v) is 9.63. The topological polar surface area (TPSA) is 120 Å². The lowest BCUT2D eigenvalue weighted by molar-refractivity contribution is -0.285. The van der Waals surface area contributed by atoms with Gasteiger partial charge in [0.1, 0.15) is 11.4 Å². The molecule has 2 N–H and O–H groups in total. The zero-order valence-electron chi connectivity index (χ0n) is 20.7. The van der Waals surface area contributed by atoms with Crippen molar-refractivity contribution in [3.63, 3.8) is 0 Å². The van der Waals surface area contributed by atoms with Crippen LogP contribution in [0.2, 0.25) is 0 Å². The summed E-state index contributed by atoms with van der Waals surface area (Å²) < 4.78 is 10.6. The average molecular weight is 480 g/mol. The van der Waals surface area contributed by atoms with Crippen molar-refractivity contribution in [3.05, 3.63) is 29.8 Å². The van der Waals surface area contributed by atoms with E-state index in [2.05, 4.69) is 0 Å². The van der Waals surface area contributed by atoms with Crippen LogP contribution in [0.25, 0.3) is 0 Å². The van der Waals surface area contributed by atoms with Crippen LogP contribution in [-0.2, 0) is 20.7 Å². The SMILES string of the molecule is COc1ccc(CCC[C@H](CC(=O)N(O)O)C(=O)N2CCN(C(=O)OC(C)(C)C)[C@@H](C)C2)cc1. The standard InChI is InChI=1S/C24H37N3O7/c1-17-16-25(13-14-26(17)23(30)34-24(2,3)4)22(29)19(15-21(28)27(31)32)8-6-7-18-9-11-20(33-5)12-10-18/h9-12,17,19,31-32H,6-8,13-16H2,1-5H3/t17-,19+/m0/s1. The Morgan fingerprint density at radius 1 is 1.15 bits per heavy atom. The van der Waals surface area contributed by atoms with Crippen molar-refractivity contribution >= 4 is 17.9 Å². The van der Waals surface area contributed by atoms with Gasteiger partial charge in [0.2, 0.25) is 5.91 Å². The minimum absolute atomic E-state index is 0.236. The van der Waals surface area contributed by atoms with Crippen molar-refractivity contribution in [3.8, 4) is 5.75 Å². The van der Waals surface area contributed by atoms with Gasteiger partial charge < -0.3 is 19.3 Å². The number of ether oxygens (including phenoxy) is 2. The highest BCUT2D eigenvalue weighted by molar-refractivity contribution is 5.85. The molecule has 1 heterocycles. The molecule has 0 unspecified atom stereocenters. The lowest BCUT2D eigenvalue weighted by Crippen LogP contribution is -2.57. The Morgan fingerprint density at radius 3 is 2.32 bits per heavy atom. The van der Waals surface area contributed by atoms with E-state index in [9.17, 15) is 14.4 Å². The number of benzene rings is 1. The number of methoxy groups -OCH3 is 1. The molecule has 10 heteroatoms. The lowest BCUT2D eigenvalue weighted by atomic mass is 9.94. The summed E-state index contributed by atoms with van der Waals surface area (Å²) in [4.78, 5) is 40.9. The Morgan fingerprint density at radius 2 is 1.79 bits per heavy atom. The Hall–Kier alpha value is -2.85. The van der Waals surface area contributed by atoms with E-state index in [0.29, 0.717) is 38.9 Å². The van der Waals surface area contributed by atoms with Gasteiger partial charge in [-0.25, -0.2) is 4.79 Å². The third-order valence-corrected chi connectivity index (χ3v) is 5.74. The van der Waals surface area contributed by atoms with Gasteiger partial charge in [-0.1, -0.05) is 17.4 Å². The summed E-state index contributed by atoms with van der Waals surface area (Å²) in [6.45, 7) is 8.19. The van der Waals surface area contributed by atoms with E-state index in [-0.39, 0.29) is 18.4 Å². The van der Waals surface area contributed by atoms with E-state index in [4.69, 9.17) is 19.9 Å². The van der Waals surface area contributed by atoms with Crippen LogP contribution in [0.3, 0.4) is 0 Å². The van der Waals surface area contributed by atoms with Crippen molar-refractivity contribution < 1.29 is 34.3 Å². The van der Waals surface area contributed by atoms with Gasteiger partial charge >= 0.3 is 6.09 Å². The fraction of sp³-hybridized carbons (Fsp3) is 0.625. The second kappa shape index (κ2) is 12.0. The molecule has 0 spiro atoms. The predicted octanol–water partition coefficient (Wildman–Crippen LogP) is 3.10. The number of hydrogen-bond donors (Lipinski definition) is 2. The first-order valence-electron chi connectivity index (χ1n) is 11.5. The molecule has 1 aromatic carbocycles. The Kier molecular flexibility index (Phi) is 9.69. The quantitative estimate of drug-likeness (QED) is 0.434. The molecule has 0 bridgehead atoms. The molecule has 0 aliphatic carbocycles. The molecule has 1 aromatic rings. The van der Waals surface area contributed by atoms with Gasteiger partial charge in [0.05, 0.1) is 7.11 Å². The predicted molar refractivity (Wildman–Crippen MR) is 123 cm³/mol. The van der Waals surface area contributed by atoms with Crippen LogP contribution >= 0.6 is 0 Å². The fourth-order valence-electron chi connectivity index (χ4n) is 3.96. The van der Waals surface area contributed by atoms with Crippen LogP contribution < -0.4 is 4.74 Å². The fourth-order valence-corrected chi connectivity index (χ4v) is 3.96. The number of aryl methyl sites for hydroxylation is 1. The van der Waals surface area contributed by atoms with E-state index in [1.54, 1.807) is 37.7 Å². The minimum Gasteiger partial charge on any atom is -0.497 e. The van der Waals surface area contributed by atoms with E-state index in [0.717, 1.165) is 11.3 Å². The summed E-state index contributed by atoms with van der Waals surface area (Å²) in [5.74, 6) is -1.12. The molecular formula is C24H37N3O7. The summed E-state index contributed by atoms with van der Waals surface area (Å²) in [5, 5.41) is 17.7. The monoisotopic (exact) mass is 479 g/mol. The molecule has 1 aliphatic heterocycles. The molecule has 1 saturated heterocycles. The van der Waals surface area contributed by atoms with Crippen LogP contribution in [0.15, 0.2) is 24.3 Å². The highest BCUT2D eigenvalue weighted by atomic mass is 16.8. The molecule has 2 atom stereocenters. The maximum absolute atomic E-state index is 13.3. The number of hydroxylamine groups is 2. The summed E-state index contributed by atoms with van der Waals surface area (Å²) >= 11 is 0. The summed E-state index contributed by atoms with van der Waals surface area (Å²) in [6.07, 6.45) is 1.02. The van der Waals surface area contributed by atoms with Crippen LogP contribution in [0.1, 0.15) is 52.5 Å². The molecule has 1 aliphatic rings. The number of nitrogens with zero attached hydrogens (tertiary/aromatic N) is 3. The largest absolute Gasteiger partial charge is 0.497 e. The number of carbonyl (C=O) groups excluding carboxylic acids is 3. The van der Waals surface area contributed by atoms with Gasteiger partial charge in [-0.05, 0) is 64.7 Å². The lowest BCUT2D eigenvalue weighted by Gasteiger charge is -2.41. The molecule has 0 radical (unpaired) electrons. The van der Waals surface area contributed by atoms with E-state index >= 15 is 0 Å². The van der Waals surface area contributed by atoms with Crippen LogP contribution in [0, 0.1) is 5.92 Å². The van der Waals surface area contributed by atoms with Crippen molar-refractivity contribution in [1.82, 2.24) is 15.0 Å². The third-order valence-electron chi connectivity index (χ3n) is 5.74. The van der Waals surface area contributed by atoms with E-state index in [1.807, 2.05) is 31.2 Å². The molecule has 0 saturated carbocycles. The van der Waals surface area contributed by atoms with Crippen LogP contribution in [0.4, 0.5) is 4.79 Å². The number of carbonyl (C=O) groups is 3. The minimum atomic E-state index is -0.941. The number of piperazine rings is 1. The van der Waals surface area contributed by atoms with Gasteiger partial charge in [0.25, 0.3) is 5.91 Å². The van der Waals surface area contributed by atoms with Crippen molar-refractivity contribution in [1.29, 1.82) is 0 Å². The van der Waals surface area contributed by atoms with Gasteiger partial charge in [-0.3, -0.25) is 20.0 Å². The third kappa shape index (κ3) is 8.18. The smallest absolute Gasteiger partial charge is 0.410 e. The van der Waals surface area contributed by atoms with Crippen molar-refractivity contribution in [2.24, 2.45) is 5.92 Å². The van der Waals surface area contributed by atoms with E-state index in [1.165, 1.54) is 0 Å². The molecule has 0 aromatic heterocycles. The number of hydrogen-bond acceptors (Lipinski definition) is 7. The first-order chi connectivity index (χ1) is 15.9. The highest BCUT2D eigenvalue weighted by Gasteiger charge is 2.35. The molecule has 1 fully saturated rings. The molecule has 190 valence electrons. The normalized spacial score (nSPS) is 17.2. The van der Waals surface area contributed by atoms with Crippen LogP contribution in [0.5, 0.6) is 5.75 Å². The number of amides is 3. The van der Waals surface area contributed by atoms with Crippen molar-refractivity contribution in [2.75, 3.05) is 26.7 Å². The summed E-state index contributed by atoms with van der Waals surface area (Å²) in [5.41, 5.74) is 0.461. The Labute approximate surface area is 200 Å². The molecule has 34 heavy (non-hydrogen) atoms. The zero-order chi connectivity index (χ0) is 25.5. The van der Waals surface area contributed by atoms with Gasteiger partial charge in [-0.15, -0.1) is 0 Å². The van der Waals surface area contributed by atoms with Crippen LogP contribution in [-0.4, -0.2) is 81.7 Å². The summed E-state index contributed by atoms with van der Waals surface area (Å²) in [6, 6.07) is 7.36. The summed E-state index contributed by atoms with van der Waals surface area (Å²) in [7, 11) is 1.60. The van der Waals surface area contributed by atoms with E-state index < -0.39 is 28.7 Å². The molecule has 2 rings (SSSR count). The maximum atomic E-state index is 13.3. The Balaban J connectivity index is 2.00. The van der Waals surface area contributed by atoms with Crippen molar-refractivity contribution in [2.45, 2.75) is 65.0 Å². The number of rotatable bonds is 8. The maximum Gasteiger partial charge on any atom is 0.410 e. The first-order valence-corrected chi connectivity index (χ1v) is 11.5. The van der Waals surface area contributed by atoms with Gasteiger partial charge in [0, 0.05) is 38.0 Å². The molecule has 10 nitrogen and oxygen atoms in total. The zero-order valence-corrected chi connectivity index (χ0v) is 20.7.